The number of Topliss-reactive ketones (excluding diaryl/α,β-unsaturated/α-hetero) is 1. The minimum absolute atomic E-state index is 0.215. The van der Waals surface area contributed by atoms with E-state index in [1.807, 2.05) is 13.2 Å². The van der Waals surface area contributed by atoms with E-state index in [0.29, 0.717) is 12.3 Å². The van der Waals surface area contributed by atoms with Gasteiger partial charge in [-0.1, -0.05) is 0 Å². The molecule has 0 bridgehead atoms. The molecule has 1 fully saturated rings. The van der Waals surface area contributed by atoms with Crippen molar-refractivity contribution < 1.29 is 9.53 Å². The van der Waals surface area contributed by atoms with Gasteiger partial charge in [0.25, 0.3) is 0 Å². The molecular formula is C13H20N2O2S2. The fourth-order valence-electron chi connectivity index (χ4n) is 1.84. The largest absolute Gasteiger partial charge is 0.396 e. The van der Waals surface area contributed by atoms with Gasteiger partial charge in [0.2, 0.25) is 0 Å². The third-order valence-electron chi connectivity index (χ3n) is 3.01. The SMILES string of the molecule is CCOCCNc1sc(C(=O)C2CC2)c(N)c1SC. The standard InChI is InChI=1S/C13H20N2O2S2/c1-3-17-7-6-15-13-12(18-2)9(14)11(19-13)10(16)8-4-5-8/h8,15H,3-7,14H2,1-2H3. The highest BCUT2D eigenvalue weighted by molar-refractivity contribution is 7.99. The van der Waals surface area contributed by atoms with E-state index < -0.39 is 0 Å². The number of carbonyl (C=O) groups excluding carboxylic acids is 1. The number of hydrogen-bond acceptors (Lipinski definition) is 6. The molecule has 2 rings (SSSR count). The van der Waals surface area contributed by atoms with Crippen LogP contribution in [0.25, 0.3) is 0 Å². The molecule has 1 aliphatic rings. The summed E-state index contributed by atoms with van der Waals surface area (Å²) in [5.41, 5.74) is 6.76. The van der Waals surface area contributed by atoms with Crippen LogP contribution in [-0.2, 0) is 4.74 Å². The van der Waals surface area contributed by atoms with Crippen molar-refractivity contribution in [3.8, 4) is 0 Å². The number of anilines is 2. The Bertz CT molecular complexity index is 456. The van der Waals surface area contributed by atoms with Gasteiger partial charge >= 0.3 is 0 Å². The smallest absolute Gasteiger partial charge is 0.178 e. The summed E-state index contributed by atoms with van der Waals surface area (Å²) >= 11 is 3.07. The van der Waals surface area contributed by atoms with Crippen molar-refractivity contribution >= 4 is 39.6 Å². The van der Waals surface area contributed by atoms with Gasteiger partial charge in [0.15, 0.2) is 5.78 Å². The summed E-state index contributed by atoms with van der Waals surface area (Å²) in [5.74, 6) is 0.433. The van der Waals surface area contributed by atoms with Crippen molar-refractivity contribution in [3.05, 3.63) is 4.88 Å². The Labute approximate surface area is 122 Å². The summed E-state index contributed by atoms with van der Waals surface area (Å²) in [7, 11) is 0. The number of ketones is 1. The first kappa shape index (κ1) is 14.7. The number of hydrogen-bond donors (Lipinski definition) is 2. The predicted molar refractivity (Wildman–Crippen MR) is 82.5 cm³/mol. The third kappa shape index (κ3) is 3.43. The van der Waals surface area contributed by atoms with Gasteiger partial charge in [0.1, 0.15) is 5.00 Å². The van der Waals surface area contributed by atoms with Gasteiger partial charge < -0.3 is 15.8 Å². The van der Waals surface area contributed by atoms with Crippen molar-refractivity contribution in [2.45, 2.75) is 24.7 Å². The normalized spacial score (nSPS) is 14.6. The summed E-state index contributed by atoms with van der Waals surface area (Å²) < 4.78 is 5.30. The van der Waals surface area contributed by atoms with Crippen LogP contribution in [0.15, 0.2) is 4.90 Å². The van der Waals surface area contributed by atoms with Crippen molar-refractivity contribution in [2.24, 2.45) is 5.92 Å². The van der Waals surface area contributed by atoms with Crippen LogP contribution < -0.4 is 11.1 Å². The summed E-state index contributed by atoms with van der Waals surface area (Å²) in [6.07, 6.45) is 4.01. The molecule has 1 heterocycles. The molecule has 0 unspecified atom stereocenters. The van der Waals surface area contributed by atoms with E-state index >= 15 is 0 Å². The van der Waals surface area contributed by atoms with Crippen LogP contribution in [0.4, 0.5) is 10.7 Å². The number of thioether (sulfide) groups is 1. The highest BCUT2D eigenvalue weighted by Gasteiger charge is 2.33. The zero-order chi connectivity index (χ0) is 13.8. The lowest BCUT2D eigenvalue weighted by atomic mass is 10.2. The van der Waals surface area contributed by atoms with Gasteiger partial charge in [-0.2, -0.15) is 0 Å². The number of nitrogens with two attached hydrogens (primary N) is 1. The van der Waals surface area contributed by atoms with Crippen molar-refractivity contribution in [1.29, 1.82) is 0 Å². The molecule has 4 nitrogen and oxygen atoms in total. The Balaban J connectivity index is 2.08. The van der Waals surface area contributed by atoms with Gasteiger partial charge in [0, 0.05) is 19.1 Å². The van der Waals surface area contributed by atoms with Crippen molar-refractivity contribution in [3.63, 3.8) is 0 Å². The van der Waals surface area contributed by atoms with Gasteiger partial charge in [-0.3, -0.25) is 4.79 Å². The molecule has 1 aromatic rings. The first-order valence-electron chi connectivity index (χ1n) is 6.51. The Morgan fingerprint density at radius 3 is 2.89 bits per heavy atom. The first-order chi connectivity index (χ1) is 9.19. The zero-order valence-electron chi connectivity index (χ0n) is 11.3. The Kier molecular flexibility index (Phi) is 5.13. The van der Waals surface area contributed by atoms with Crippen LogP contribution in [0.1, 0.15) is 29.4 Å². The lowest BCUT2D eigenvalue weighted by Gasteiger charge is -2.05. The molecule has 1 saturated carbocycles. The van der Waals surface area contributed by atoms with E-state index in [0.717, 1.165) is 40.8 Å². The second-order valence-corrected chi connectivity index (χ2v) is 6.31. The average molecular weight is 300 g/mol. The number of ether oxygens (including phenoxy) is 1. The molecule has 106 valence electrons. The van der Waals surface area contributed by atoms with Crippen LogP contribution in [0.5, 0.6) is 0 Å². The lowest BCUT2D eigenvalue weighted by Crippen LogP contribution is -2.08. The number of nitrogens with one attached hydrogen (secondary N) is 1. The molecule has 3 N–H and O–H groups in total. The molecule has 0 spiro atoms. The van der Waals surface area contributed by atoms with Gasteiger partial charge in [-0.05, 0) is 26.0 Å². The average Bonchev–Trinajstić information content (AvgIpc) is 3.19. The quantitative estimate of drug-likeness (QED) is 0.439. The Morgan fingerprint density at radius 1 is 1.58 bits per heavy atom. The molecule has 6 heteroatoms. The van der Waals surface area contributed by atoms with Gasteiger partial charge in [0.05, 0.1) is 22.1 Å². The Hall–Kier alpha value is -0.720. The molecule has 0 atom stereocenters. The van der Waals surface area contributed by atoms with Crippen molar-refractivity contribution in [1.82, 2.24) is 0 Å². The summed E-state index contributed by atoms with van der Waals surface area (Å²) in [6, 6.07) is 0. The molecule has 0 radical (unpaired) electrons. The molecule has 0 aromatic carbocycles. The third-order valence-corrected chi connectivity index (χ3v) is 5.15. The van der Waals surface area contributed by atoms with E-state index in [1.54, 1.807) is 11.8 Å². The van der Waals surface area contributed by atoms with Crippen LogP contribution in [0.2, 0.25) is 0 Å². The van der Waals surface area contributed by atoms with E-state index in [4.69, 9.17) is 10.5 Å². The van der Waals surface area contributed by atoms with E-state index in [-0.39, 0.29) is 11.7 Å². The highest BCUT2D eigenvalue weighted by Crippen LogP contribution is 2.45. The van der Waals surface area contributed by atoms with Gasteiger partial charge in [-0.15, -0.1) is 23.1 Å². The maximum atomic E-state index is 12.2. The number of rotatable bonds is 8. The van der Waals surface area contributed by atoms with E-state index in [2.05, 4.69) is 5.32 Å². The van der Waals surface area contributed by atoms with E-state index in [1.165, 1.54) is 11.3 Å². The molecule has 0 aliphatic heterocycles. The predicted octanol–water partition coefficient (Wildman–Crippen LogP) is 3.09. The minimum atomic E-state index is 0.215. The number of carbonyl (C=O) groups is 1. The van der Waals surface area contributed by atoms with Crippen LogP contribution in [-0.4, -0.2) is 31.8 Å². The summed E-state index contributed by atoms with van der Waals surface area (Å²) in [5, 5.41) is 4.31. The van der Waals surface area contributed by atoms with Crippen LogP contribution in [0, 0.1) is 5.92 Å². The molecule has 1 aromatic heterocycles. The minimum Gasteiger partial charge on any atom is -0.396 e. The van der Waals surface area contributed by atoms with Crippen molar-refractivity contribution in [2.75, 3.05) is 37.1 Å². The van der Waals surface area contributed by atoms with Gasteiger partial charge in [-0.25, -0.2) is 0 Å². The monoisotopic (exact) mass is 300 g/mol. The maximum absolute atomic E-state index is 12.2. The van der Waals surface area contributed by atoms with Crippen LogP contribution >= 0.6 is 23.1 Å². The van der Waals surface area contributed by atoms with Crippen LogP contribution in [0.3, 0.4) is 0 Å². The topological polar surface area (TPSA) is 64.3 Å². The Morgan fingerprint density at radius 2 is 2.32 bits per heavy atom. The molecular weight excluding hydrogens is 280 g/mol. The second kappa shape index (κ2) is 6.63. The fraction of sp³-hybridized carbons (Fsp3) is 0.615. The summed E-state index contributed by atoms with van der Waals surface area (Å²) in [6.45, 7) is 4.09. The first-order valence-corrected chi connectivity index (χ1v) is 8.55. The molecule has 1 aliphatic carbocycles. The van der Waals surface area contributed by atoms with E-state index in [9.17, 15) is 4.79 Å². The molecule has 0 amide bonds. The number of thiophene rings is 1. The maximum Gasteiger partial charge on any atom is 0.178 e. The lowest BCUT2D eigenvalue weighted by molar-refractivity contribution is 0.0972. The number of nitrogen functional groups attached to an aromatic ring is 1. The summed E-state index contributed by atoms with van der Waals surface area (Å²) in [4.78, 5) is 13.9. The highest BCUT2D eigenvalue weighted by atomic mass is 32.2. The zero-order valence-corrected chi connectivity index (χ0v) is 13.0. The molecule has 19 heavy (non-hydrogen) atoms. The molecule has 0 saturated heterocycles. The fourth-order valence-corrected chi connectivity index (χ4v) is 3.92. The second-order valence-electron chi connectivity index (χ2n) is 4.47.